The van der Waals surface area contributed by atoms with Crippen molar-refractivity contribution in [3.05, 3.63) is 88.4 Å². The molecular formula is C21H15Cl2F3N2O3S. The summed E-state index contributed by atoms with van der Waals surface area (Å²) in [6.45, 7) is -0.707. The SMILES string of the molecule is O=C(CN(c1cccc(Cl)c1)S(=O)(=O)c1ccc(Cl)cc1)Nc1cccc(C(F)(F)F)c1. The minimum atomic E-state index is -4.59. The molecule has 0 radical (unpaired) electrons. The zero-order valence-corrected chi connectivity index (χ0v) is 18.4. The molecule has 0 heterocycles. The van der Waals surface area contributed by atoms with Crippen molar-refractivity contribution >= 4 is 50.5 Å². The number of benzene rings is 3. The summed E-state index contributed by atoms with van der Waals surface area (Å²) >= 11 is 11.8. The predicted octanol–water partition coefficient (Wildman–Crippen LogP) is 5.85. The molecule has 3 rings (SSSR count). The van der Waals surface area contributed by atoms with Crippen molar-refractivity contribution in [2.75, 3.05) is 16.2 Å². The highest BCUT2D eigenvalue weighted by Crippen LogP contribution is 2.31. The first-order valence-corrected chi connectivity index (χ1v) is 11.2. The van der Waals surface area contributed by atoms with Crippen LogP contribution in [0.2, 0.25) is 10.0 Å². The predicted molar refractivity (Wildman–Crippen MR) is 118 cm³/mol. The fourth-order valence-corrected chi connectivity index (χ4v) is 4.51. The summed E-state index contributed by atoms with van der Waals surface area (Å²) in [5, 5.41) is 2.86. The van der Waals surface area contributed by atoms with Gasteiger partial charge in [0.2, 0.25) is 5.91 Å². The van der Waals surface area contributed by atoms with E-state index in [1.54, 1.807) is 0 Å². The van der Waals surface area contributed by atoms with Crippen LogP contribution < -0.4 is 9.62 Å². The molecule has 3 aromatic carbocycles. The van der Waals surface area contributed by atoms with Crippen molar-refractivity contribution in [2.24, 2.45) is 0 Å². The molecule has 0 aliphatic carbocycles. The molecule has 0 fully saturated rings. The molecule has 0 spiro atoms. The molecule has 32 heavy (non-hydrogen) atoms. The Morgan fingerprint density at radius 1 is 0.906 bits per heavy atom. The van der Waals surface area contributed by atoms with Crippen LogP contribution in [0.25, 0.3) is 0 Å². The van der Waals surface area contributed by atoms with Gasteiger partial charge in [-0.2, -0.15) is 13.2 Å². The van der Waals surface area contributed by atoms with E-state index in [1.807, 2.05) is 0 Å². The highest BCUT2D eigenvalue weighted by Gasteiger charge is 2.31. The van der Waals surface area contributed by atoms with Crippen LogP contribution in [0.3, 0.4) is 0 Å². The second-order valence-electron chi connectivity index (χ2n) is 6.57. The second kappa shape index (κ2) is 9.40. The van der Waals surface area contributed by atoms with Crippen molar-refractivity contribution in [1.29, 1.82) is 0 Å². The minimum Gasteiger partial charge on any atom is -0.325 e. The van der Waals surface area contributed by atoms with Crippen LogP contribution in [-0.4, -0.2) is 20.9 Å². The molecule has 11 heteroatoms. The maximum absolute atomic E-state index is 13.2. The molecule has 0 aliphatic rings. The summed E-state index contributed by atoms with van der Waals surface area (Å²) in [5.41, 5.74) is -0.970. The van der Waals surface area contributed by atoms with Gasteiger partial charge < -0.3 is 5.32 Å². The number of carbonyl (C=O) groups excluding carboxylic acids is 1. The lowest BCUT2D eigenvalue weighted by Gasteiger charge is -2.24. The van der Waals surface area contributed by atoms with E-state index < -0.39 is 34.2 Å². The third-order valence-corrected chi connectivity index (χ3v) is 6.53. The van der Waals surface area contributed by atoms with Gasteiger partial charge in [0.1, 0.15) is 6.54 Å². The Balaban J connectivity index is 1.93. The second-order valence-corrected chi connectivity index (χ2v) is 9.31. The molecule has 168 valence electrons. The number of carbonyl (C=O) groups is 1. The van der Waals surface area contributed by atoms with Crippen molar-refractivity contribution in [3.8, 4) is 0 Å². The molecule has 0 bridgehead atoms. The average Bonchev–Trinajstić information content (AvgIpc) is 2.72. The maximum atomic E-state index is 13.2. The number of alkyl halides is 3. The quantitative estimate of drug-likeness (QED) is 0.459. The number of nitrogens with one attached hydrogen (secondary N) is 1. The minimum absolute atomic E-state index is 0.103. The Morgan fingerprint density at radius 2 is 1.56 bits per heavy atom. The fraction of sp³-hybridized carbons (Fsp3) is 0.0952. The highest BCUT2D eigenvalue weighted by atomic mass is 35.5. The summed E-state index contributed by atoms with van der Waals surface area (Å²) in [5.74, 6) is -0.846. The van der Waals surface area contributed by atoms with Gasteiger partial charge in [-0.05, 0) is 60.7 Å². The summed E-state index contributed by atoms with van der Waals surface area (Å²) in [6.07, 6.45) is -4.59. The maximum Gasteiger partial charge on any atom is 0.416 e. The zero-order valence-electron chi connectivity index (χ0n) is 16.1. The van der Waals surface area contributed by atoms with E-state index in [0.29, 0.717) is 5.02 Å². The van der Waals surface area contributed by atoms with Crippen LogP contribution in [0.4, 0.5) is 24.5 Å². The number of rotatable bonds is 6. The van der Waals surface area contributed by atoms with Crippen molar-refractivity contribution < 1.29 is 26.4 Å². The molecule has 3 aromatic rings. The molecule has 1 amide bonds. The highest BCUT2D eigenvalue weighted by molar-refractivity contribution is 7.92. The van der Waals surface area contributed by atoms with E-state index in [-0.39, 0.29) is 21.3 Å². The lowest BCUT2D eigenvalue weighted by atomic mass is 10.2. The van der Waals surface area contributed by atoms with Gasteiger partial charge in [0.05, 0.1) is 16.1 Å². The smallest absolute Gasteiger partial charge is 0.325 e. The van der Waals surface area contributed by atoms with Crippen LogP contribution in [0.5, 0.6) is 0 Å². The number of hydrogen-bond donors (Lipinski definition) is 1. The lowest BCUT2D eigenvalue weighted by molar-refractivity contribution is -0.137. The van der Waals surface area contributed by atoms with Gasteiger partial charge in [-0.3, -0.25) is 9.10 Å². The molecule has 0 unspecified atom stereocenters. The van der Waals surface area contributed by atoms with Crippen molar-refractivity contribution in [3.63, 3.8) is 0 Å². The number of hydrogen-bond acceptors (Lipinski definition) is 3. The Bertz CT molecular complexity index is 1230. The number of nitrogens with zero attached hydrogens (tertiary/aromatic N) is 1. The van der Waals surface area contributed by atoms with Gasteiger partial charge in [0.25, 0.3) is 10.0 Å². The average molecular weight is 503 g/mol. The molecule has 5 nitrogen and oxygen atoms in total. The number of amides is 1. The number of sulfonamides is 1. The van der Waals surface area contributed by atoms with Gasteiger partial charge >= 0.3 is 6.18 Å². The molecule has 0 atom stereocenters. The molecule has 0 saturated heterocycles. The summed E-state index contributed by atoms with van der Waals surface area (Å²) in [7, 11) is -4.23. The van der Waals surface area contributed by atoms with Crippen LogP contribution in [-0.2, 0) is 21.0 Å². The van der Waals surface area contributed by atoms with E-state index in [0.717, 1.165) is 22.5 Å². The van der Waals surface area contributed by atoms with Gasteiger partial charge in [-0.15, -0.1) is 0 Å². The Hall–Kier alpha value is -2.75. The van der Waals surface area contributed by atoms with Crippen LogP contribution >= 0.6 is 23.2 Å². The van der Waals surface area contributed by atoms with Crippen LogP contribution in [0.1, 0.15) is 5.56 Å². The zero-order chi connectivity index (χ0) is 23.5. The van der Waals surface area contributed by atoms with Crippen LogP contribution in [0, 0.1) is 0 Å². The van der Waals surface area contributed by atoms with Gasteiger partial charge in [0.15, 0.2) is 0 Å². The number of anilines is 2. The van der Waals surface area contributed by atoms with E-state index in [1.165, 1.54) is 54.6 Å². The first-order valence-electron chi connectivity index (χ1n) is 8.98. The van der Waals surface area contributed by atoms with E-state index in [9.17, 15) is 26.4 Å². The lowest BCUT2D eigenvalue weighted by Crippen LogP contribution is -2.38. The molecule has 0 aromatic heterocycles. The topological polar surface area (TPSA) is 66.5 Å². The third kappa shape index (κ3) is 5.73. The molecule has 1 N–H and O–H groups in total. The molecular weight excluding hydrogens is 488 g/mol. The van der Waals surface area contributed by atoms with E-state index >= 15 is 0 Å². The van der Waals surface area contributed by atoms with E-state index in [2.05, 4.69) is 5.32 Å². The van der Waals surface area contributed by atoms with Gasteiger partial charge in [0, 0.05) is 15.7 Å². The standard InChI is InChI=1S/C21H15Cl2F3N2O3S/c22-15-7-9-19(10-8-15)32(30,31)28(18-6-2-4-16(23)12-18)13-20(29)27-17-5-1-3-14(11-17)21(24,25)26/h1-12H,13H2,(H,27,29). The fourth-order valence-electron chi connectivity index (χ4n) is 2.78. The largest absolute Gasteiger partial charge is 0.416 e. The monoisotopic (exact) mass is 502 g/mol. The van der Waals surface area contributed by atoms with Crippen molar-refractivity contribution in [1.82, 2.24) is 0 Å². The number of halogens is 5. The van der Waals surface area contributed by atoms with Crippen molar-refractivity contribution in [2.45, 2.75) is 11.1 Å². The first-order chi connectivity index (χ1) is 15.0. The third-order valence-electron chi connectivity index (χ3n) is 4.26. The Kier molecular flexibility index (Phi) is 7.02. The Morgan fingerprint density at radius 3 is 2.19 bits per heavy atom. The van der Waals surface area contributed by atoms with Crippen LogP contribution in [0.15, 0.2) is 77.7 Å². The van der Waals surface area contributed by atoms with E-state index in [4.69, 9.17) is 23.2 Å². The summed E-state index contributed by atoms with van der Waals surface area (Å²) in [4.78, 5) is 12.5. The summed E-state index contributed by atoms with van der Waals surface area (Å²) in [6, 6.07) is 15.2. The first kappa shape index (κ1) is 23.9. The molecule has 0 saturated carbocycles. The Labute approximate surface area is 192 Å². The summed E-state index contributed by atoms with van der Waals surface area (Å²) < 4.78 is 66.1. The molecule has 0 aliphatic heterocycles. The van der Waals surface area contributed by atoms with Gasteiger partial charge in [-0.1, -0.05) is 35.3 Å². The normalized spacial score (nSPS) is 11.8. The van der Waals surface area contributed by atoms with Gasteiger partial charge in [-0.25, -0.2) is 8.42 Å².